The van der Waals surface area contributed by atoms with Crippen molar-refractivity contribution in [1.82, 2.24) is 10.2 Å². The molecule has 0 aromatic carbocycles. The summed E-state index contributed by atoms with van der Waals surface area (Å²) in [5.41, 5.74) is -0.374. The van der Waals surface area contributed by atoms with Gasteiger partial charge in [0.25, 0.3) is 0 Å². The van der Waals surface area contributed by atoms with E-state index in [1.165, 1.54) is 0 Å². The average molecular weight is 269 g/mol. The maximum absolute atomic E-state index is 9.26. The van der Waals surface area contributed by atoms with Crippen LogP contribution < -0.4 is 5.32 Å². The van der Waals surface area contributed by atoms with Crippen molar-refractivity contribution in [1.29, 1.82) is 5.26 Å². The van der Waals surface area contributed by atoms with Gasteiger partial charge in [-0.3, -0.25) is 4.90 Å². The Kier molecular flexibility index (Phi) is 6.73. The molecule has 3 atom stereocenters. The molecule has 0 amide bonds. The molecule has 1 aliphatic rings. The molecule has 0 aliphatic carbocycles. The van der Waals surface area contributed by atoms with Gasteiger partial charge < -0.3 is 14.8 Å². The van der Waals surface area contributed by atoms with Crippen LogP contribution in [-0.2, 0) is 9.47 Å². The molecule has 110 valence electrons. The van der Waals surface area contributed by atoms with Crippen molar-refractivity contribution in [3.05, 3.63) is 0 Å². The summed E-state index contributed by atoms with van der Waals surface area (Å²) in [5.74, 6) is 0. The molecular weight excluding hydrogens is 242 g/mol. The van der Waals surface area contributed by atoms with Gasteiger partial charge in [0, 0.05) is 27.3 Å². The summed E-state index contributed by atoms with van der Waals surface area (Å²) in [6, 6.07) is 2.40. The number of nitriles is 1. The first-order chi connectivity index (χ1) is 9.14. The summed E-state index contributed by atoms with van der Waals surface area (Å²) in [4.78, 5) is 2.36. The Morgan fingerprint density at radius 2 is 1.89 bits per heavy atom. The summed E-state index contributed by atoms with van der Waals surface area (Å²) >= 11 is 0. The smallest absolute Gasteiger partial charge is 0.106 e. The number of methoxy groups -OCH3 is 2. The molecule has 1 heterocycles. The van der Waals surface area contributed by atoms with Crippen LogP contribution in [0.5, 0.6) is 0 Å². The molecule has 1 rings (SSSR count). The van der Waals surface area contributed by atoms with Crippen molar-refractivity contribution in [2.24, 2.45) is 0 Å². The Morgan fingerprint density at radius 3 is 2.26 bits per heavy atom. The minimum atomic E-state index is -0.374. The largest absolute Gasteiger partial charge is 0.377 e. The molecule has 0 saturated carbocycles. The Labute approximate surface area is 116 Å². The molecule has 1 aliphatic heterocycles. The van der Waals surface area contributed by atoms with Crippen LogP contribution in [0.1, 0.15) is 26.2 Å². The second-order valence-electron chi connectivity index (χ2n) is 5.21. The van der Waals surface area contributed by atoms with Crippen molar-refractivity contribution in [2.75, 3.05) is 40.9 Å². The third-order valence-corrected chi connectivity index (χ3v) is 4.27. The van der Waals surface area contributed by atoms with E-state index in [1.807, 2.05) is 7.05 Å². The van der Waals surface area contributed by atoms with E-state index in [9.17, 15) is 5.26 Å². The third kappa shape index (κ3) is 4.15. The van der Waals surface area contributed by atoms with Gasteiger partial charge in [0.1, 0.15) is 5.54 Å². The monoisotopic (exact) mass is 269 g/mol. The third-order valence-electron chi connectivity index (χ3n) is 4.27. The zero-order chi connectivity index (χ0) is 14.3. The number of nitrogens with zero attached hydrogens (tertiary/aromatic N) is 2. The summed E-state index contributed by atoms with van der Waals surface area (Å²) in [6.45, 7) is 4.88. The van der Waals surface area contributed by atoms with Gasteiger partial charge in [-0.25, -0.2) is 0 Å². The maximum atomic E-state index is 9.26. The summed E-state index contributed by atoms with van der Waals surface area (Å²) in [6.07, 6.45) is 3.06. The van der Waals surface area contributed by atoms with E-state index in [-0.39, 0.29) is 17.7 Å². The van der Waals surface area contributed by atoms with E-state index in [0.29, 0.717) is 0 Å². The van der Waals surface area contributed by atoms with E-state index in [4.69, 9.17) is 9.47 Å². The fourth-order valence-corrected chi connectivity index (χ4v) is 2.73. The summed E-state index contributed by atoms with van der Waals surface area (Å²) < 4.78 is 10.8. The van der Waals surface area contributed by atoms with E-state index in [2.05, 4.69) is 23.2 Å². The highest BCUT2D eigenvalue weighted by atomic mass is 16.5. The number of ether oxygens (including phenoxy) is 2. The zero-order valence-corrected chi connectivity index (χ0v) is 12.6. The van der Waals surface area contributed by atoms with Crippen molar-refractivity contribution in [2.45, 2.75) is 43.9 Å². The first-order valence-electron chi connectivity index (χ1n) is 7.02. The molecule has 3 unspecified atom stereocenters. The van der Waals surface area contributed by atoms with Crippen LogP contribution in [0.25, 0.3) is 0 Å². The highest BCUT2D eigenvalue weighted by molar-refractivity contribution is 5.05. The molecule has 1 fully saturated rings. The second kappa shape index (κ2) is 7.81. The number of nitrogens with one attached hydrogen (secondary N) is 1. The van der Waals surface area contributed by atoms with Gasteiger partial charge in [0.2, 0.25) is 0 Å². The summed E-state index contributed by atoms with van der Waals surface area (Å²) in [7, 11) is 5.34. The molecule has 1 N–H and O–H groups in total. The van der Waals surface area contributed by atoms with Crippen LogP contribution in [-0.4, -0.2) is 63.5 Å². The molecule has 5 heteroatoms. The first kappa shape index (κ1) is 16.4. The van der Waals surface area contributed by atoms with Crippen LogP contribution >= 0.6 is 0 Å². The van der Waals surface area contributed by atoms with E-state index in [0.717, 1.165) is 38.9 Å². The Hall–Kier alpha value is -0.670. The summed E-state index contributed by atoms with van der Waals surface area (Å²) in [5, 5.41) is 12.4. The van der Waals surface area contributed by atoms with Crippen molar-refractivity contribution in [3.8, 4) is 6.07 Å². The number of hydrogen-bond acceptors (Lipinski definition) is 5. The molecular formula is C14H27N3O2. The van der Waals surface area contributed by atoms with E-state index < -0.39 is 0 Å². The lowest BCUT2D eigenvalue weighted by Crippen LogP contribution is -2.41. The Morgan fingerprint density at radius 1 is 1.32 bits per heavy atom. The van der Waals surface area contributed by atoms with Crippen molar-refractivity contribution in [3.63, 3.8) is 0 Å². The zero-order valence-electron chi connectivity index (χ0n) is 12.6. The second-order valence-corrected chi connectivity index (χ2v) is 5.21. The highest BCUT2D eigenvalue weighted by Gasteiger charge is 2.33. The normalized spacial score (nSPS) is 27.1. The van der Waals surface area contributed by atoms with Gasteiger partial charge in [-0.05, 0) is 32.9 Å². The molecule has 0 aromatic rings. The van der Waals surface area contributed by atoms with Crippen molar-refractivity contribution >= 4 is 0 Å². The van der Waals surface area contributed by atoms with Gasteiger partial charge >= 0.3 is 0 Å². The van der Waals surface area contributed by atoms with Gasteiger partial charge in [-0.2, -0.15) is 5.26 Å². The minimum Gasteiger partial charge on any atom is -0.377 e. The maximum Gasteiger partial charge on any atom is 0.106 e. The molecule has 5 nitrogen and oxygen atoms in total. The van der Waals surface area contributed by atoms with E-state index >= 15 is 0 Å². The lowest BCUT2D eigenvalue weighted by Gasteiger charge is -2.25. The van der Waals surface area contributed by atoms with Crippen LogP contribution in [0.3, 0.4) is 0 Å². The van der Waals surface area contributed by atoms with Crippen LogP contribution in [0.4, 0.5) is 0 Å². The molecule has 0 aromatic heterocycles. The minimum absolute atomic E-state index is 0.168. The standard InChI is InChI=1S/C14H27N3O2/c1-5-14(11-15,16-2)7-6-8-17-9-12(18-3)13(10-17)19-4/h12-13,16H,5-10H2,1-4H3. The Bertz CT molecular complexity index is 288. The molecule has 0 spiro atoms. The molecule has 19 heavy (non-hydrogen) atoms. The van der Waals surface area contributed by atoms with Crippen LogP contribution in [0.2, 0.25) is 0 Å². The lowest BCUT2D eigenvalue weighted by atomic mass is 9.92. The first-order valence-corrected chi connectivity index (χ1v) is 7.02. The lowest BCUT2D eigenvalue weighted by molar-refractivity contribution is -0.00461. The van der Waals surface area contributed by atoms with E-state index in [1.54, 1.807) is 14.2 Å². The molecule has 0 radical (unpaired) electrons. The molecule has 0 bridgehead atoms. The SMILES string of the molecule is CCC(C#N)(CCCN1CC(OC)C(OC)C1)NC. The van der Waals surface area contributed by atoms with Crippen LogP contribution in [0.15, 0.2) is 0 Å². The predicted molar refractivity (Wildman–Crippen MR) is 75.0 cm³/mol. The van der Waals surface area contributed by atoms with Crippen LogP contribution in [0, 0.1) is 11.3 Å². The van der Waals surface area contributed by atoms with Gasteiger partial charge in [0.05, 0.1) is 18.3 Å². The van der Waals surface area contributed by atoms with Gasteiger partial charge in [0.15, 0.2) is 0 Å². The number of rotatable bonds is 8. The number of hydrogen-bond donors (Lipinski definition) is 1. The quantitative estimate of drug-likeness (QED) is 0.712. The van der Waals surface area contributed by atoms with Gasteiger partial charge in [-0.15, -0.1) is 0 Å². The average Bonchev–Trinajstić information content (AvgIpc) is 2.86. The van der Waals surface area contributed by atoms with Gasteiger partial charge in [-0.1, -0.05) is 6.92 Å². The fraction of sp³-hybridized carbons (Fsp3) is 0.929. The molecule has 1 saturated heterocycles. The topological polar surface area (TPSA) is 57.5 Å². The highest BCUT2D eigenvalue weighted by Crippen LogP contribution is 2.19. The number of likely N-dealkylation sites (tertiary alicyclic amines) is 1. The van der Waals surface area contributed by atoms with Crippen molar-refractivity contribution < 1.29 is 9.47 Å². The predicted octanol–water partition coefficient (Wildman–Crippen LogP) is 1.00. The Balaban J connectivity index is 2.36. The fourth-order valence-electron chi connectivity index (χ4n) is 2.73.